The second kappa shape index (κ2) is 5.74. The van der Waals surface area contributed by atoms with E-state index in [2.05, 4.69) is 18.4 Å². The van der Waals surface area contributed by atoms with Crippen LogP contribution in [0.4, 0.5) is 0 Å². The molecule has 1 aliphatic heterocycles. The lowest BCUT2D eigenvalue weighted by Crippen LogP contribution is -2.44. The number of alkyl halides is 1. The van der Waals surface area contributed by atoms with Gasteiger partial charge in [-0.05, 0) is 24.5 Å². The predicted octanol–water partition coefficient (Wildman–Crippen LogP) is 2.14. The highest BCUT2D eigenvalue weighted by Crippen LogP contribution is 2.19. The third-order valence-electron chi connectivity index (χ3n) is 2.91. The first-order valence-electron chi connectivity index (χ1n) is 5.15. The molecule has 0 aromatic carbocycles. The Morgan fingerprint density at radius 2 is 2.36 bits per heavy atom. The average Bonchev–Trinajstić information content (AvgIpc) is 2.20. The molecule has 0 aromatic rings. The molecule has 0 aromatic heterocycles. The van der Waals surface area contributed by atoms with E-state index >= 15 is 0 Å². The van der Waals surface area contributed by atoms with Gasteiger partial charge in [0, 0.05) is 26.1 Å². The van der Waals surface area contributed by atoms with E-state index in [4.69, 9.17) is 16.3 Å². The van der Waals surface area contributed by atoms with Crippen molar-refractivity contribution in [3.8, 4) is 0 Å². The zero-order chi connectivity index (χ0) is 10.6. The summed E-state index contributed by atoms with van der Waals surface area (Å²) in [7, 11) is 1.79. The van der Waals surface area contributed by atoms with Crippen molar-refractivity contribution in [1.82, 2.24) is 4.90 Å². The van der Waals surface area contributed by atoms with Crippen LogP contribution in [0.25, 0.3) is 0 Å². The summed E-state index contributed by atoms with van der Waals surface area (Å²) in [5, 5.41) is 0. The number of methoxy groups -OCH3 is 1. The number of nitrogens with zero attached hydrogens (tertiary/aromatic N) is 1. The fourth-order valence-corrected chi connectivity index (χ4v) is 1.99. The van der Waals surface area contributed by atoms with Crippen LogP contribution in [0.15, 0.2) is 12.2 Å². The van der Waals surface area contributed by atoms with Crippen LogP contribution in [-0.4, -0.2) is 43.6 Å². The third-order valence-corrected chi connectivity index (χ3v) is 3.29. The predicted molar refractivity (Wildman–Crippen MR) is 60.9 cm³/mol. The number of ether oxygens (including phenoxy) is 1. The van der Waals surface area contributed by atoms with Crippen molar-refractivity contribution in [1.29, 1.82) is 0 Å². The molecule has 2 unspecified atom stereocenters. The van der Waals surface area contributed by atoms with E-state index in [9.17, 15) is 0 Å². The first kappa shape index (κ1) is 12.0. The van der Waals surface area contributed by atoms with Crippen LogP contribution < -0.4 is 0 Å². The standard InChI is InChI=1S/C11H20ClNO/c1-9(6-12)7-13-5-4-10(2)11(8-13)14-3/h10-11H,1,4-8H2,2-3H3. The molecule has 82 valence electrons. The second-order valence-corrected chi connectivity index (χ2v) is 4.43. The average molecular weight is 218 g/mol. The molecule has 1 rings (SSSR count). The number of hydrogen-bond acceptors (Lipinski definition) is 2. The van der Waals surface area contributed by atoms with Crippen molar-refractivity contribution in [3.63, 3.8) is 0 Å². The molecule has 0 bridgehead atoms. The number of piperidine rings is 1. The van der Waals surface area contributed by atoms with Gasteiger partial charge in [0.15, 0.2) is 0 Å². The Labute approximate surface area is 91.9 Å². The van der Waals surface area contributed by atoms with E-state index in [1.807, 2.05) is 0 Å². The summed E-state index contributed by atoms with van der Waals surface area (Å²) in [4.78, 5) is 2.37. The third kappa shape index (κ3) is 3.26. The zero-order valence-electron chi connectivity index (χ0n) is 9.13. The van der Waals surface area contributed by atoms with E-state index in [1.165, 1.54) is 6.42 Å². The maximum atomic E-state index is 5.71. The minimum atomic E-state index is 0.367. The Morgan fingerprint density at radius 3 is 2.93 bits per heavy atom. The lowest BCUT2D eigenvalue weighted by Gasteiger charge is -2.36. The minimum Gasteiger partial charge on any atom is -0.380 e. The Hall–Kier alpha value is -0.0500. The van der Waals surface area contributed by atoms with Gasteiger partial charge in [0.1, 0.15) is 0 Å². The highest BCUT2D eigenvalue weighted by atomic mass is 35.5. The molecule has 0 spiro atoms. The van der Waals surface area contributed by atoms with Gasteiger partial charge in [-0.15, -0.1) is 11.6 Å². The summed E-state index contributed by atoms with van der Waals surface area (Å²) < 4.78 is 5.44. The van der Waals surface area contributed by atoms with Gasteiger partial charge in [0.25, 0.3) is 0 Å². The van der Waals surface area contributed by atoms with Gasteiger partial charge in [-0.1, -0.05) is 13.5 Å². The molecule has 0 saturated carbocycles. The van der Waals surface area contributed by atoms with Crippen LogP contribution in [0.3, 0.4) is 0 Å². The van der Waals surface area contributed by atoms with E-state index < -0.39 is 0 Å². The highest BCUT2D eigenvalue weighted by Gasteiger charge is 2.25. The van der Waals surface area contributed by atoms with Crippen molar-refractivity contribution >= 4 is 11.6 Å². The normalized spacial score (nSPS) is 29.1. The summed E-state index contributed by atoms with van der Waals surface area (Å²) in [5.41, 5.74) is 1.09. The quantitative estimate of drug-likeness (QED) is 0.529. The number of likely N-dealkylation sites (tertiary alicyclic amines) is 1. The summed E-state index contributed by atoms with van der Waals surface area (Å²) >= 11 is 5.71. The van der Waals surface area contributed by atoms with Crippen molar-refractivity contribution in [3.05, 3.63) is 12.2 Å². The molecule has 1 heterocycles. The molecule has 14 heavy (non-hydrogen) atoms. The van der Waals surface area contributed by atoms with Gasteiger partial charge in [-0.25, -0.2) is 0 Å². The monoisotopic (exact) mass is 217 g/mol. The summed E-state index contributed by atoms with van der Waals surface area (Å²) in [6.07, 6.45) is 1.57. The molecule has 0 amide bonds. The van der Waals surface area contributed by atoms with E-state index in [0.717, 1.165) is 25.2 Å². The van der Waals surface area contributed by atoms with Gasteiger partial charge >= 0.3 is 0 Å². The van der Waals surface area contributed by atoms with Crippen molar-refractivity contribution in [2.75, 3.05) is 32.6 Å². The number of rotatable bonds is 4. The summed E-state index contributed by atoms with van der Waals surface area (Å²) in [6.45, 7) is 9.23. The van der Waals surface area contributed by atoms with Crippen molar-refractivity contribution in [2.45, 2.75) is 19.4 Å². The van der Waals surface area contributed by atoms with E-state index in [-0.39, 0.29) is 0 Å². The Morgan fingerprint density at radius 1 is 1.64 bits per heavy atom. The van der Waals surface area contributed by atoms with Gasteiger partial charge in [-0.2, -0.15) is 0 Å². The van der Waals surface area contributed by atoms with Gasteiger partial charge in [0.2, 0.25) is 0 Å². The lowest BCUT2D eigenvalue weighted by molar-refractivity contribution is -0.00194. The maximum Gasteiger partial charge on any atom is 0.0724 e. The molecule has 1 saturated heterocycles. The molecule has 1 fully saturated rings. The molecule has 0 N–H and O–H groups in total. The molecular formula is C11H20ClNO. The first-order valence-corrected chi connectivity index (χ1v) is 5.68. The summed E-state index contributed by atoms with van der Waals surface area (Å²) in [5.74, 6) is 1.23. The molecule has 0 radical (unpaired) electrons. The van der Waals surface area contributed by atoms with Crippen LogP contribution in [0.5, 0.6) is 0 Å². The number of hydrogen-bond donors (Lipinski definition) is 0. The van der Waals surface area contributed by atoms with Gasteiger partial charge < -0.3 is 4.74 Å². The second-order valence-electron chi connectivity index (χ2n) is 4.16. The number of halogens is 1. The van der Waals surface area contributed by atoms with Crippen LogP contribution in [0, 0.1) is 5.92 Å². The molecular weight excluding hydrogens is 198 g/mol. The van der Waals surface area contributed by atoms with Crippen LogP contribution in [-0.2, 0) is 4.74 Å². The molecule has 2 nitrogen and oxygen atoms in total. The topological polar surface area (TPSA) is 12.5 Å². The molecule has 0 aliphatic carbocycles. The highest BCUT2D eigenvalue weighted by molar-refractivity contribution is 6.19. The maximum absolute atomic E-state index is 5.71. The largest absolute Gasteiger partial charge is 0.380 e. The Bertz CT molecular complexity index is 196. The van der Waals surface area contributed by atoms with Crippen molar-refractivity contribution in [2.24, 2.45) is 5.92 Å². The molecule has 2 atom stereocenters. The fourth-order valence-electron chi connectivity index (χ4n) is 1.91. The SMILES string of the molecule is C=C(CCl)CN1CCC(C)C(OC)C1. The molecule has 3 heteroatoms. The lowest BCUT2D eigenvalue weighted by atomic mass is 9.95. The van der Waals surface area contributed by atoms with Crippen LogP contribution in [0.1, 0.15) is 13.3 Å². The Balaban J connectivity index is 2.38. The van der Waals surface area contributed by atoms with Crippen LogP contribution >= 0.6 is 11.6 Å². The first-order chi connectivity index (χ1) is 6.67. The van der Waals surface area contributed by atoms with E-state index in [1.54, 1.807) is 7.11 Å². The van der Waals surface area contributed by atoms with Gasteiger partial charge in [0.05, 0.1) is 6.10 Å². The minimum absolute atomic E-state index is 0.367. The Kier molecular flexibility index (Phi) is 4.93. The zero-order valence-corrected chi connectivity index (χ0v) is 9.89. The van der Waals surface area contributed by atoms with Crippen molar-refractivity contribution < 1.29 is 4.74 Å². The van der Waals surface area contributed by atoms with Gasteiger partial charge in [-0.3, -0.25) is 4.90 Å². The summed E-state index contributed by atoms with van der Waals surface area (Å²) in [6, 6.07) is 0. The fraction of sp³-hybridized carbons (Fsp3) is 0.818. The molecule has 1 aliphatic rings. The van der Waals surface area contributed by atoms with E-state index in [0.29, 0.717) is 17.9 Å². The van der Waals surface area contributed by atoms with Crippen LogP contribution in [0.2, 0.25) is 0 Å². The smallest absolute Gasteiger partial charge is 0.0724 e.